The van der Waals surface area contributed by atoms with Gasteiger partial charge in [-0.15, -0.1) is 0 Å². The first-order valence-corrected chi connectivity index (χ1v) is 9.21. The zero-order valence-corrected chi connectivity index (χ0v) is 15.8. The van der Waals surface area contributed by atoms with E-state index in [-0.39, 0.29) is 17.2 Å². The number of ketones is 1. The number of nitrogens with one attached hydrogen (secondary N) is 1. The van der Waals surface area contributed by atoms with Crippen LogP contribution >= 0.6 is 0 Å². The summed E-state index contributed by atoms with van der Waals surface area (Å²) in [6.45, 7) is 1.29. The Balaban J connectivity index is 1.62. The number of carboxylic acids is 1. The van der Waals surface area contributed by atoms with Gasteiger partial charge >= 0.3 is 5.97 Å². The van der Waals surface area contributed by atoms with Crippen molar-refractivity contribution in [3.8, 4) is 0 Å². The molecule has 0 radical (unpaired) electrons. The Morgan fingerprint density at radius 2 is 2.14 bits per heavy atom. The van der Waals surface area contributed by atoms with Crippen LogP contribution in [0.4, 0.5) is 0 Å². The van der Waals surface area contributed by atoms with Gasteiger partial charge in [-0.2, -0.15) is 0 Å². The molecule has 0 aliphatic carbocycles. The molecule has 2 N–H and O–H groups in total. The maximum absolute atomic E-state index is 12.7. The molecule has 4 rings (SSSR count). The second-order valence-corrected chi connectivity index (χ2v) is 7.25. The molecule has 0 bridgehead atoms. The summed E-state index contributed by atoms with van der Waals surface area (Å²) < 4.78 is 5.79. The molecule has 0 aromatic carbocycles. The number of aromatic nitrogens is 2. The van der Waals surface area contributed by atoms with E-state index in [0.717, 1.165) is 23.8 Å². The highest BCUT2D eigenvalue weighted by atomic mass is 16.5. The highest BCUT2D eigenvalue weighted by Crippen LogP contribution is 2.32. The Morgan fingerprint density at radius 3 is 2.82 bits per heavy atom. The zero-order chi connectivity index (χ0) is 19.8. The van der Waals surface area contributed by atoms with Crippen LogP contribution in [0.25, 0.3) is 17.1 Å². The number of ether oxygens (including phenoxy) is 1. The van der Waals surface area contributed by atoms with Crippen molar-refractivity contribution in [2.75, 3.05) is 27.2 Å². The molecule has 0 unspecified atom stereocenters. The van der Waals surface area contributed by atoms with E-state index >= 15 is 0 Å². The van der Waals surface area contributed by atoms with Crippen molar-refractivity contribution in [1.82, 2.24) is 19.8 Å². The molecule has 8 nitrogen and oxygen atoms in total. The van der Waals surface area contributed by atoms with Gasteiger partial charge in [0, 0.05) is 42.5 Å². The number of hydrogen-bond donors (Lipinski definition) is 2. The highest BCUT2D eigenvalue weighted by Gasteiger charge is 2.39. The number of fused-ring (bicyclic) bond motifs is 1. The Bertz CT molecular complexity index is 997. The summed E-state index contributed by atoms with van der Waals surface area (Å²) in [6.07, 6.45) is 6.74. The molecule has 1 fully saturated rings. The van der Waals surface area contributed by atoms with Crippen molar-refractivity contribution >= 4 is 28.9 Å². The number of allylic oxidation sites excluding steroid dienone is 1. The number of carboxylic acid groups (broad SMARTS) is 1. The normalized spacial score (nSPS) is 19.9. The van der Waals surface area contributed by atoms with Crippen LogP contribution in [-0.4, -0.2) is 69.9 Å². The maximum Gasteiger partial charge on any atom is 0.345 e. The monoisotopic (exact) mass is 382 g/mol. The molecule has 2 aliphatic heterocycles. The minimum absolute atomic E-state index is 0.0203. The number of carbonyl (C=O) groups is 2. The predicted octanol–water partition coefficient (Wildman–Crippen LogP) is 1.83. The predicted molar refractivity (Wildman–Crippen MR) is 103 cm³/mol. The minimum atomic E-state index is -1.27. The Labute approximate surface area is 162 Å². The van der Waals surface area contributed by atoms with Crippen molar-refractivity contribution in [2.24, 2.45) is 0 Å². The second kappa shape index (κ2) is 7.12. The van der Waals surface area contributed by atoms with E-state index in [4.69, 9.17) is 4.74 Å². The van der Waals surface area contributed by atoms with Crippen LogP contribution in [0.3, 0.4) is 0 Å². The number of rotatable bonds is 4. The van der Waals surface area contributed by atoms with Crippen molar-refractivity contribution in [1.29, 1.82) is 0 Å². The summed E-state index contributed by atoms with van der Waals surface area (Å²) in [7, 11) is 4.07. The maximum atomic E-state index is 12.7. The van der Waals surface area contributed by atoms with Gasteiger partial charge in [0.15, 0.2) is 11.3 Å². The number of H-pyrrole nitrogens is 1. The molecule has 0 amide bonds. The standard InChI is InChI=1S/C20H22N4O4/c1-23(2)13-5-8-24(9-6-13)19-16(20(26)27)17(25)15(28-19)10-12-11-22-18-14(12)4-3-7-21-18/h3-4,7,10-11,13H,5-6,8-9H2,1-2H3,(H,21,22)(H,26,27). The van der Waals surface area contributed by atoms with Crippen LogP contribution in [-0.2, 0) is 14.3 Å². The summed E-state index contributed by atoms with van der Waals surface area (Å²) in [5.41, 5.74) is 1.12. The van der Waals surface area contributed by atoms with Gasteiger partial charge in [0.1, 0.15) is 5.65 Å². The zero-order valence-electron chi connectivity index (χ0n) is 15.8. The molecule has 1 saturated heterocycles. The van der Waals surface area contributed by atoms with E-state index in [1.165, 1.54) is 0 Å². The van der Waals surface area contributed by atoms with Gasteiger partial charge in [0.2, 0.25) is 11.7 Å². The number of piperidine rings is 1. The topological polar surface area (TPSA) is 98.8 Å². The molecule has 0 spiro atoms. The molecular weight excluding hydrogens is 360 g/mol. The highest BCUT2D eigenvalue weighted by molar-refractivity contribution is 6.26. The van der Waals surface area contributed by atoms with Gasteiger partial charge in [-0.05, 0) is 45.1 Å². The molecule has 28 heavy (non-hydrogen) atoms. The van der Waals surface area contributed by atoms with Crippen LogP contribution < -0.4 is 0 Å². The van der Waals surface area contributed by atoms with Gasteiger partial charge in [0.25, 0.3) is 0 Å². The minimum Gasteiger partial charge on any atom is -0.477 e. The molecule has 2 aromatic heterocycles. The lowest BCUT2D eigenvalue weighted by atomic mass is 10.0. The third kappa shape index (κ3) is 3.16. The first-order chi connectivity index (χ1) is 13.5. The van der Waals surface area contributed by atoms with E-state index in [2.05, 4.69) is 14.9 Å². The number of Topliss-reactive ketones (excluding diaryl/α,β-unsaturated/α-hetero) is 1. The summed E-state index contributed by atoms with van der Waals surface area (Å²) in [4.78, 5) is 35.8. The van der Waals surface area contributed by atoms with E-state index in [0.29, 0.717) is 24.8 Å². The second-order valence-electron chi connectivity index (χ2n) is 7.25. The lowest BCUT2D eigenvalue weighted by Gasteiger charge is -2.36. The van der Waals surface area contributed by atoms with Gasteiger partial charge in [-0.1, -0.05) is 0 Å². The largest absolute Gasteiger partial charge is 0.477 e. The van der Waals surface area contributed by atoms with Crippen molar-refractivity contribution in [2.45, 2.75) is 18.9 Å². The first kappa shape index (κ1) is 18.2. The SMILES string of the molecule is CN(C)C1CCN(C2=C(C(=O)O)C(=O)C(=Cc3c[nH]c4ncccc34)O2)CC1. The smallest absolute Gasteiger partial charge is 0.345 e. The molecule has 2 aliphatic rings. The third-order valence-electron chi connectivity index (χ3n) is 5.34. The summed E-state index contributed by atoms with van der Waals surface area (Å²) in [5, 5.41) is 10.4. The number of aliphatic carboxylic acids is 1. The lowest BCUT2D eigenvalue weighted by Crippen LogP contribution is -2.42. The fourth-order valence-electron chi connectivity index (χ4n) is 3.75. The number of hydrogen-bond acceptors (Lipinski definition) is 6. The molecule has 8 heteroatoms. The molecule has 4 heterocycles. The summed E-state index contributed by atoms with van der Waals surface area (Å²) in [6, 6.07) is 4.12. The Morgan fingerprint density at radius 1 is 1.39 bits per heavy atom. The van der Waals surface area contributed by atoms with Crippen LogP contribution in [0.1, 0.15) is 18.4 Å². The van der Waals surface area contributed by atoms with Crippen molar-refractivity contribution in [3.63, 3.8) is 0 Å². The number of pyridine rings is 1. The number of aromatic amines is 1. The van der Waals surface area contributed by atoms with Crippen LogP contribution in [0.2, 0.25) is 0 Å². The molecule has 0 atom stereocenters. The van der Waals surface area contributed by atoms with Gasteiger partial charge in [-0.25, -0.2) is 9.78 Å². The van der Waals surface area contributed by atoms with Crippen LogP contribution in [0, 0.1) is 0 Å². The van der Waals surface area contributed by atoms with Crippen molar-refractivity contribution in [3.05, 3.63) is 47.3 Å². The van der Waals surface area contributed by atoms with Gasteiger partial charge < -0.3 is 24.6 Å². The molecule has 0 saturated carbocycles. The van der Waals surface area contributed by atoms with E-state index in [1.54, 1.807) is 24.5 Å². The fourth-order valence-corrected chi connectivity index (χ4v) is 3.75. The Kier molecular flexibility index (Phi) is 4.64. The number of carbonyl (C=O) groups excluding carboxylic acids is 1. The average molecular weight is 382 g/mol. The molecule has 146 valence electrons. The number of nitrogens with zero attached hydrogens (tertiary/aromatic N) is 3. The lowest BCUT2D eigenvalue weighted by molar-refractivity contribution is -0.134. The van der Waals surface area contributed by atoms with E-state index in [1.807, 2.05) is 25.1 Å². The quantitative estimate of drug-likeness (QED) is 0.615. The van der Waals surface area contributed by atoms with E-state index < -0.39 is 11.8 Å². The number of likely N-dealkylation sites (tertiary alicyclic amines) is 1. The van der Waals surface area contributed by atoms with Crippen LogP contribution in [0.15, 0.2) is 41.7 Å². The molecule has 2 aromatic rings. The summed E-state index contributed by atoms with van der Waals surface area (Å²) >= 11 is 0. The van der Waals surface area contributed by atoms with Crippen molar-refractivity contribution < 1.29 is 19.4 Å². The Hall–Kier alpha value is -3.13. The van der Waals surface area contributed by atoms with Gasteiger partial charge in [-0.3, -0.25) is 4.79 Å². The molecular formula is C20H22N4O4. The average Bonchev–Trinajstić information content (AvgIpc) is 3.24. The van der Waals surface area contributed by atoms with E-state index in [9.17, 15) is 14.7 Å². The van der Waals surface area contributed by atoms with Gasteiger partial charge in [0.05, 0.1) is 0 Å². The third-order valence-corrected chi connectivity index (χ3v) is 5.34. The first-order valence-electron chi connectivity index (χ1n) is 9.21. The van der Waals surface area contributed by atoms with Crippen LogP contribution in [0.5, 0.6) is 0 Å². The fraction of sp³-hybridized carbons (Fsp3) is 0.350. The summed E-state index contributed by atoms with van der Waals surface area (Å²) in [5.74, 6) is -1.69.